The van der Waals surface area contributed by atoms with Crippen LogP contribution >= 0.6 is 12.2 Å². The molecule has 7 nitrogen and oxygen atoms in total. The van der Waals surface area contributed by atoms with Crippen molar-refractivity contribution >= 4 is 34.9 Å². The molecular formula is C21H18N4O3S. The number of hydrazone groups is 1. The molecule has 0 spiro atoms. The topological polar surface area (TPSA) is 88.8 Å². The Morgan fingerprint density at radius 2 is 1.72 bits per heavy atom. The number of nitro groups is 1. The van der Waals surface area contributed by atoms with Crippen molar-refractivity contribution in [3.63, 3.8) is 0 Å². The Morgan fingerprint density at radius 1 is 1.03 bits per heavy atom. The molecule has 0 atom stereocenters. The Morgan fingerprint density at radius 3 is 2.45 bits per heavy atom. The fraction of sp³-hybridized carbons (Fsp3) is 0.0476. The second-order valence-corrected chi connectivity index (χ2v) is 6.35. The molecule has 0 aliphatic heterocycles. The van der Waals surface area contributed by atoms with E-state index in [-0.39, 0.29) is 10.8 Å². The van der Waals surface area contributed by atoms with Crippen molar-refractivity contribution in [2.24, 2.45) is 5.10 Å². The van der Waals surface area contributed by atoms with E-state index in [2.05, 4.69) is 15.8 Å². The van der Waals surface area contributed by atoms with E-state index in [1.165, 1.54) is 6.07 Å². The summed E-state index contributed by atoms with van der Waals surface area (Å²) >= 11 is 5.12. The van der Waals surface area contributed by atoms with Gasteiger partial charge in [0.15, 0.2) is 5.11 Å². The fourth-order valence-electron chi connectivity index (χ4n) is 2.45. The smallest absolute Gasteiger partial charge is 0.292 e. The maximum absolute atomic E-state index is 11.0. The lowest BCUT2D eigenvalue weighted by atomic mass is 10.2. The van der Waals surface area contributed by atoms with Crippen LogP contribution in [0.1, 0.15) is 11.1 Å². The van der Waals surface area contributed by atoms with Crippen LogP contribution in [-0.2, 0) is 6.61 Å². The molecule has 0 heterocycles. The minimum Gasteiger partial charge on any atom is -0.489 e. The van der Waals surface area contributed by atoms with Gasteiger partial charge in [0.2, 0.25) is 0 Å². The zero-order valence-electron chi connectivity index (χ0n) is 15.3. The summed E-state index contributed by atoms with van der Waals surface area (Å²) in [6.07, 6.45) is 1.59. The van der Waals surface area contributed by atoms with Gasteiger partial charge in [0.05, 0.1) is 11.1 Å². The van der Waals surface area contributed by atoms with Crippen LogP contribution in [-0.4, -0.2) is 16.3 Å². The second kappa shape index (κ2) is 9.95. The Bertz CT molecular complexity index is 1010. The molecule has 0 unspecified atom stereocenters. The maximum atomic E-state index is 11.0. The Balaban J connectivity index is 1.50. The molecule has 8 heteroatoms. The van der Waals surface area contributed by atoms with Crippen LogP contribution in [0.15, 0.2) is 84.0 Å². The highest BCUT2D eigenvalue weighted by molar-refractivity contribution is 7.80. The second-order valence-electron chi connectivity index (χ2n) is 5.94. The summed E-state index contributed by atoms with van der Waals surface area (Å²) in [6, 6.07) is 23.6. The number of benzene rings is 3. The van der Waals surface area contributed by atoms with Crippen molar-refractivity contribution < 1.29 is 9.66 Å². The molecule has 0 saturated heterocycles. The lowest BCUT2D eigenvalue weighted by molar-refractivity contribution is -0.383. The highest BCUT2D eigenvalue weighted by Crippen LogP contribution is 2.22. The van der Waals surface area contributed by atoms with Gasteiger partial charge in [-0.1, -0.05) is 42.5 Å². The number of nitro benzene ring substituents is 1. The van der Waals surface area contributed by atoms with Gasteiger partial charge in [-0.2, -0.15) is 5.10 Å². The molecule has 0 amide bonds. The monoisotopic (exact) mass is 406 g/mol. The molecular weight excluding hydrogens is 388 g/mol. The van der Waals surface area contributed by atoms with E-state index in [0.29, 0.717) is 12.3 Å². The Hall–Kier alpha value is -3.78. The van der Waals surface area contributed by atoms with E-state index in [1.54, 1.807) is 24.4 Å². The van der Waals surface area contributed by atoms with Gasteiger partial charge in [-0.15, -0.1) is 0 Å². The van der Waals surface area contributed by atoms with E-state index in [4.69, 9.17) is 17.0 Å². The molecule has 0 bridgehead atoms. The van der Waals surface area contributed by atoms with Crippen LogP contribution in [0.3, 0.4) is 0 Å². The van der Waals surface area contributed by atoms with E-state index < -0.39 is 4.92 Å². The number of nitrogens with one attached hydrogen (secondary N) is 2. The van der Waals surface area contributed by atoms with Gasteiger partial charge in [-0.3, -0.25) is 15.5 Å². The number of hydrogen-bond acceptors (Lipinski definition) is 5. The van der Waals surface area contributed by atoms with E-state index in [9.17, 15) is 10.1 Å². The van der Waals surface area contributed by atoms with Crippen molar-refractivity contribution in [3.8, 4) is 5.75 Å². The van der Waals surface area contributed by atoms with E-state index >= 15 is 0 Å². The average Bonchev–Trinajstić information content (AvgIpc) is 2.74. The average molecular weight is 406 g/mol. The third-order valence-corrected chi connectivity index (χ3v) is 4.05. The summed E-state index contributed by atoms with van der Waals surface area (Å²) in [6.45, 7) is 0.501. The normalized spacial score (nSPS) is 10.5. The number of rotatable bonds is 7. The van der Waals surface area contributed by atoms with Crippen LogP contribution in [0.25, 0.3) is 0 Å². The number of anilines is 1. The van der Waals surface area contributed by atoms with Crippen molar-refractivity contribution in [2.45, 2.75) is 6.61 Å². The zero-order valence-corrected chi connectivity index (χ0v) is 16.1. The van der Waals surface area contributed by atoms with Gasteiger partial charge in [0, 0.05) is 6.07 Å². The predicted molar refractivity (Wildman–Crippen MR) is 117 cm³/mol. The molecule has 3 aromatic carbocycles. The lowest BCUT2D eigenvalue weighted by Crippen LogP contribution is -2.24. The van der Waals surface area contributed by atoms with Gasteiger partial charge in [-0.25, -0.2) is 0 Å². The standard InChI is InChI=1S/C21H18N4O3S/c26-25(27)20-9-5-4-8-19(20)23-21(29)24-22-14-16-10-12-18(13-11-16)28-15-17-6-2-1-3-7-17/h1-14H,15H2,(H2,23,24,29)/b22-14-. The van der Waals surface area contributed by atoms with E-state index in [0.717, 1.165) is 16.9 Å². The first-order chi connectivity index (χ1) is 14.1. The van der Waals surface area contributed by atoms with E-state index in [1.807, 2.05) is 54.6 Å². The molecule has 29 heavy (non-hydrogen) atoms. The third-order valence-electron chi connectivity index (χ3n) is 3.86. The molecule has 0 aliphatic rings. The zero-order chi connectivity index (χ0) is 20.5. The molecule has 3 rings (SSSR count). The van der Waals surface area contributed by atoms with Crippen molar-refractivity contribution in [1.82, 2.24) is 5.43 Å². The minimum atomic E-state index is -0.477. The first kappa shape index (κ1) is 20.0. The quantitative estimate of drug-likeness (QED) is 0.260. The molecule has 2 N–H and O–H groups in total. The van der Waals surface area contributed by atoms with Crippen LogP contribution in [0.4, 0.5) is 11.4 Å². The number of thiocarbonyl (C=S) groups is 1. The van der Waals surface area contributed by atoms with Gasteiger partial charge < -0.3 is 10.1 Å². The number of hydrogen-bond donors (Lipinski definition) is 2. The largest absolute Gasteiger partial charge is 0.489 e. The van der Waals surface area contributed by atoms with Gasteiger partial charge in [0.25, 0.3) is 5.69 Å². The third kappa shape index (κ3) is 6.12. The summed E-state index contributed by atoms with van der Waals surface area (Å²) < 4.78 is 5.74. The molecule has 0 aliphatic carbocycles. The number of nitrogens with zero attached hydrogens (tertiary/aromatic N) is 2. The number of para-hydroxylation sites is 2. The predicted octanol–water partition coefficient (Wildman–Crippen LogP) is 4.49. The SMILES string of the molecule is O=[N+]([O-])c1ccccc1NC(=S)N/N=C\c1ccc(OCc2ccccc2)cc1. The minimum absolute atomic E-state index is 0.0632. The molecule has 0 fully saturated rings. The Kier molecular flexibility index (Phi) is 6.85. The van der Waals surface area contributed by atoms with Crippen molar-refractivity contribution in [3.05, 3.63) is 100 Å². The number of ether oxygens (including phenoxy) is 1. The van der Waals surface area contributed by atoms with Gasteiger partial charge >= 0.3 is 0 Å². The maximum Gasteiger partial charge on any atom is 0.292 e. The van der Waals surface area contributed by atoms with Gasteiger partial charge in [0.1, 0.15) is 18.0 Å². The summed E-state index contributed by atoms with van der Waals surface area (Å²) in [4.78, 5) is 10.5. The summed E-state index contributed by atoms with van der Waals surface area (Å²) in [7, 11) is 0. The molecule has 0 radical (unpaired) electrons. The molecule has 146 valence electrons. The van der Waals surface area contributed by atoms with Crippen LogP contribution in [0, 0.1) is 10.1 Å². The summed E-state index contributed by atoms with van der Waals surface area (Å²) in [5.74, 6) is 0.757. The molecule has 0 aromatic heterocycles. The highest BCUT2D eigenvalue weighted by Gasteiger charge is 2.12. The molecule has 3 aromatic rings. The van der Waals surface area contributed by atoms with Crippen LogP contribution in [0.2, 0.25) is 0 Å². The lowest BCUT2D eigenvalue weighted by Gasteiger charge is -2.07. The summed E-state index contributed by atoms with van der Waals surface area (Å²) in [5, 5.41) is 18.0. The fourth-order valence-corrected chi connectivity index (χ4v) is 2.61. The van der Waals surface area contributed by atoms with Crippen LogP contribution < -0.4 is 15.5 Å². The summed E-state index contributed by atoms with van der Waals surface area (Å²) in [5.41, 5.74) is 4.82. The first-order valence-corrected chi connectivity index (χ1v) is 9.13. The first-order valence-electron chi connectivity index (χ1n) is 8.72. The Labute approximate surface area is 173 Å². The van der Waals surface area contributed by atoms with Crippen molar-refractivity contribution in [2.75, 3.05) is 5.32 Å². The van der Waals surface area contributed by atoms with Crippen LogP contribution in [0.5, 0.6) is 5.75 Å². The van der Waals surface area contributed by atoms with Crippen molar-refractivity contribution in [1.29, 1.82) is 0 Å². The molecule has 0 saturated carbocycles. The van der Waals surface area contributed by atoms with Gasteiger partial charge in [-0.05, 0) is 53.7 Å². The highest BCUT2D eigenvalue weighted by atomic mass is 32.1.